The van der Waals surface area contributed by atoms with Gasteiger partial charge in [0.2, 0.25) is 0 Å². The lowest BCUT2D eigenvalue weighted by Gasteiger charge is -2.21. The molecule has 78 valence electrons. The van der Waals surface area contributed by atoms with E-state index >= 15 is 0 Å². The molecular formula is C10H14FNO2. The molecular weight excluding hydrogens is 185 g/mol. The van der Waals surface area contributed by atoms with Crippen molar-refractivity contribution in [2.24, 2.45) is 5.73 Å². The zero-order chi connectivity index (χ0) is 11.1. The van der Waals surface area contributed by atoms with Crippen molar-refractivity contribution in [2.45, 2.75) is 26.3 Å². The average Bonchev–Trinajstić information content (AvgIpc) is 2.06. The van der Waals surface area contributed by atoms with Gasteiger partial charge in [-0.05, 0) is 32.4 Å². The Labute approximate surface area is 82.0 Å². The molecule has 0 aromatic heterocycles. The SMILES string of the molecule is Cc1cc(C(C)(C)N)c(F)c(O)c1O. The summed E-state index contributed by atoms with van der Waals surface area (Å²) in [7, 11) is 0. The zero-order valence-corrected chi connectivity index (χ0v) is 8.43. The molecule has 4 N–H and O–H groups in total. The molecule has 1 aromatic carbocycles. The first-order valence-corrected chi connectivity index (χ1v) is 4.25. The number of aromatic hydroxyl groups is 2. The summed E-state index contributed by atoms with van der Waals surface area (Å²) in [6.07, 6.45) is 0. The Morgan fingerprint density at radius 3 is 2.21 bits per heavy atom. The van der Waals surface area contributed by atoms with Gasteiger partial charge in [-0.2, -0.15) is 0 Å². The molecule has 14 heavy (non-hydrogen) atoms. The number of nitrogens with two attached hydrogens (primary N) is 1. The van der Waals surface area contributed by atoms with Crippen LogP contribution in [0.5, 0.6) is 11.5 Å². The molecule has 0 fully saturated rings. The molecule has 0 aliphatic rings. The number of hydrogen-bond donors (Lipinski definition) is 3. The van der Waals surface area contributed by atoms with Gasteiger partial charge in [0.1, 0.15) is 0 Å². The summed E-state index contributed by atoms with van der Waals surface area (Å²) in [5.41, 5.74) is 5.41. The Kier molecular flexibility index (Phi) is 2.41. The third-order valence-electron chi connectivity index (χ3n) is 2.10. The fourth-order valence-corrected chi connectivity index (χ4v) is 1.24. The third kappa shape index (κ3) is 1.65. The van der Waals surface area contributed by atoms with Crippen molar-refractivity contribution in [2.75, 3.05) is 0 Å². The monoisotopic (exact) mass is 199 g/mol. The summed E-state index contributed by atoms with van der Waals surface area (Å²) in [4.78, 5) is 0. The fraction of sp³-hybridized carbons (Fsp3) is 0.400. The summed E-state index contributed by atoms with van der Waals surface area (Å²) in [5, 5.41) is 18.5. The molecule has 1 rings (SSSR count). The lowest BCUT2D eigenvalue weighted by molar-refractivity contribution is 0.367. The molecule has 0 saturated carbocycles. The maximum Gasteiger partial charge on any atom is 0.194 e. The minimum Gasteiger partial charge on any atom is -0.504 e. The van der Waals surface area contributed by atoms with Crippen molar-refractivity contribution < 1.29 is 14.6 Å². The highest BCUT2D eigenvalue weighted by molar-refractivity contribution is 5.49. The fourth-order valence-electron chi connectivity index (χ4n) is 1.24. The molecule has 0 bridgehead atoms. The van der Waals surface area contributed by atoms with E-state index in [1.807, 2.05) is 0 Å². The van der Waals surface area contributed by atoms with E-state index in [0.29, 0.717) is 5.56 Å². The second-order valence-corrected chi connectivity index (χ2v) is 3.97. The van der Waals surface area contributed by atoms with Gasteiger partial charge in [0.25, 0.3) is 0 Å². The predicted octanol–water partition coefficient (Wildman–Crippen LogP) is 1.74. The first-order valence-electron chi connectivity index (χ1n) is 4.25. The van der Waals surface area contributed by atoms with E-state index in [2.05, 4.69) is 0 Å². The van der Waals surface area contributed by atoms with Crippen molar-refractivity contribution >= 4 is 0 Å². The van der Waals surface area contributed by atoms with E-state index in [1.54, 1.807) is 20.8 Å². The highest BCUT2D eigenvalue weighted by Crippen LogP contribution is 2.36. The predicted molar refractivity (Wildman–Crippen MR) is 51.7 cm³/mol. The van der Waals surface area contributed by atoms with Gasteiger partial charge in [-0.25, -0.2) is 4.39 Å². The van der Waals surface area contributed by atoms with Crippen LogP contribution in [-0.2, 0) is 5.54 Å². The lowest BCUT2D eigenvalue weighted by Crippen LogP contribution is -2.30. The van der Waals surface area contributed by atoms with Crippen LogP contribution in [0.4, 0.5) is 4.39 Å². The quantitative estimate of drug-likeness (QED) is 0.603. The molecule has 4 heteroatoms. The molecule has 0 amide bonds. The summed E-state index contributed by atoms with van der Waals surface area (Å²) < 4.78 is 13.4. The lowest BCUT2D eigenvalue weighted by atomic mass is 9.93. The van der Waals surface area contributed by atoms with E-state index in [9.17, 15) is 14.6 Å². The second-order valence-electron chi connectivity index (χ2n) is 3.97. The third-order valence-corrected chi connectivity index (χ3v) is 2.10. The van der Waals surface area contributed by atoms with Crippen molar-refractivity contribution in [1.29, 1.82) is 0 Å². The van der Waals surface area contributed by atoms with Crippen LogP contribution in [0.15, 0.2) is 6.07 Å². The Balaban J connectivity index is 3.49. The molecule has 0 radical (unpaired) electrons. The molecule has 0 atom stereocenters. The van der Waals surface area contributed by atoms with E-state index < -0.39 is 22.9 Å². The van der Waals surface area contributed by atoms with E-state index in [-0.39, 0.29) is 5.56 Å². The smallest absolute Gasteiger partial charge is 0.194 e. The zero-order valence-electron chi connectivity index (χ0n) is 8.43. The number of rotatable bonds is 1. The van der Waals surface area contributed by atoms with Crippen molar-refractivity contribution in [3.63, 3.8) is 0 Å². The summed E-state index contributed by atoms with van der Waals surface area (Å²) >= 11 is 0. The van der Waals surface area contributed by atoms with E-state index in [1.165, 1.54) is 6.07 Å². The van der Waals surface area contributed by atoms with Crippen LogP contribution in [-0.4, -0.2) is 10.2 Å². The summed E-state index contributed by atoms with van der Waals surface area (Å²) in [5.74, 6) is -2.03. The maximum absolute atomic E-state index is 13.4. The number of phenols is 2. The molecule has 0 heterocycles. The van der Waals surface area contributed by atoms with Crippen LogP contribution in [0.1, 0.15) is 25.0 Å². The molecule has 0 aliphatic carbocycles. The highest BCUT2D eigenvalue weighted by Gasteiger charge is 2.24. The van der Waals surface area contributed by atoms with Crippen molar-refractivity contribution in [3.8, 4) is 11.5 Å². The minimum absolute atomic E-state index is 0.185. The molecule has 0 unspecified atom stereocenters. The van der Waals surface area contributed by atoms with Gasteiger partial charge < -0.3 is 15.9 Å². The first kappa shape index (κ1) is 10.8. The van der Waals surface area contributed by atoms with Gasteiger partial charge in [-0.1, -0.05) is 0 Å². The molecule has 0 saturated heterocycles. The van der Waals surface area contributed by atoms with Crippen LogP contribution in [0.2, 0.25) is 0 Å². The Morgan fingerprint density at radius 1 is 1.29 bits per heavy atom. The number of phenolic OH excluding ortho intramolecular Hbond substituents is 2. The van der Waals surface area contributed by atoms with Crippen LogP contribution < -0.4 is 5.73 Å². The molecule has 1 aromatic rings. The van der Waals surface area contributed by atoms with E-state index in [0.717, 1.165) is 0 Å². The Bertz CT molecular complexity index is 369. The van der Waals surface area contributed by atoms with Gasteiger partial charge >= 0.3 is 0 Å². The van der Waals surface area contributed by atoms with Crippen LogP contribution >= 0.6 is 0 Å². The van der Waals surface area contributed by atoms with Gasteiger partial charge in [-0.15, -0.1) is 0 Å². The average molecular weight is 199 g/mol. The summed E-state index contributed by atoms with van der Waals surface area (Å²) in [6.45, 7) is 4.83. The van der Waals surface area contributed by atoms with E-state index in [4.69, 9.17) is 5.73 Å². The molecule has 3 nitrogen and oxygen atoms in total. The second kappa shape index (κ2) is 3.13. The summed E-state index contributed by atoms with van der Waals surface area (Å²) in [6, 6.07) is 1.43. The van der Waals surface area contributed by atoms with Crippen LogP contribution in [0.3, 0.4) is 0 Å². The topological polar surface area (TPSA) is 66.5 Å². The van der Waals surface area contributed by atoms with Crippen LogP contribution in [0.25, 0.3) is 0 Å². The maximum atomic E-state index is 13.4. The van der Waals surface area contributed by atoms with Crippen LogP contribution in [0, 0.1) is 12.7 Å². The van der Waals surface area contributed by atoms with Gasteiger partial charge in [0, 0.05) is 11.1 Å². The molecule has 0 aliphatic heterocycles. The number of halogens is 1. The number of aryl methyl sites for hydroxylation is 1. The van der Waals surface area contributed by atoms with Gasteiger partial charge in [-0.3, -0.25) is 0 Å². The van der Waals surface area contributed by atoms with Crippen molar-refractivity contribution in [3.05, 3.63) is 23.0 Å². The number of hydrogen-bond acceptors (Lipinski definition) is 3. The Morgan fingerprint density at radius 2 is 1.79 bits per heavy atom. The molecule has 0 spiro atoms. The highest BCUT2D eigenvalue weighted by atomic mass is 19.1. The first-order chi connectivity index (χ1) is 6.25. The normalized spacial score (nSPS) is 11.8. The van der Waals surface area contributed by atoms with Gasteiger partial charge in [0.15, 0.2) is 17.3 Å². The minimum atomic E-state index is -0.889. The van der Waals surface area contributed by atoms with Gasteiger partial charge in [0.05, 0.1) is 0 Å². The van der Waals surface area contributed by atoms with Crippen molar-refractivity contribution in [1.82, 2.24) is 0 Å². The standard InChI is InChI=1S/C10H14FNO2/c1-5-4-6(10(2,3)12)7(11)9(14)8(5)13/h4,13-14H,12H2,1-3H3. The largest absolute Gasteiger partial charge is 0.504 e. The Hall–Kier alpha value is -1.29. The number of benzene rings is 1.